The highest BCUT2D eigenvalue weighted by Crippen LogP contribution is 2.63. The van der Waals surface area contributed by atoms with Gasteiger partial charge in [0.25, 0.3) is 0 Å². The van der Waals surface area contributed by atoms with Crippen molar-refractivity contribution in [1.29, 1.82) is 0 Å². The Balaban J connectivity index is 1.51. The number of rotatable bonds is 2. The Hall–Kier alpha value is -1.02. The van der Waals surface area contributed by atoms with Gasteiger partial charge in [-0.05, 0) is 74.5 Å². The highest BCUT2D eigenvalue weighted by molar-refractivity contribution is 5.54. The van der Waals surface area contributed by atoms with Crippen molar-refractivity contribution in [2.45, 2.75) is 63.0 Å². The largest absolute Gasteiger partial charge is 0.489 e. The van der Waals surface area contributed by atoms with E-state index >= 15 is 0 Å². The summed E-state index contributed by atoms with van der Waals surface area (Å²) < 4.78 is 6.60. The molecule has 2 nitrogen and oxygen atoms in total. The Kier molecular flexibility index (Phi) is 2.50. The zero-order valence-corrected chi connectivity index (χ0v) is 14.1. The highest BCUT2D eigenvalue weighted by atomic mass is 16.5. The fourth-order valence-corrected chi connectivity index (χ4v) is 6.72. The van der Waals surface area contributed by atoms with Crippen LogP contribution in [0, 0.1) is 17.8 Å². The summed E-state index contributed by atoms with van der Waals surface area (Å²) in [6, 6.07) is 7.65. The molecule has 2 bridgehead atoms. The van der Waals surface area contributed by atoms with Crippen LogP contribution in [0.25, 0.3) is 0 Å². The third-order valence-electron chi connectivity index (χ3n) is 7.82. The molecule has 5 aliphatic rings. The molecule has 1 saturated heterocycles. The lowest BCUT2D eigenvalue weighted by atomic mass is 9.50. The van der Waals surface area contributed by atoms with Gasteiger partial charge in [0.2, 0.25) is 0 Å². The number of nitrogens with zero attached hydrogens (tertiary/aromatic N) is 1. The van der Waals surface area contributed by atoms with E-state index in [0.29, 0.717) is 17.4 Å². The molecule has 5 atom stereocenters. The predicted molar refractivity (Wildman–Crippen MR) is 90.8 cm³/mol. The Labute approximate surface area is 139 Å². The van der Waals surface area contributed by atoms with Crippen LogP contribution in [0.2, 0.25) is 0 Å². The Morgan fingerprint density at radius 2 is 2.13 bits per heavy atom. The molecule has 2 saturated carbocycles. The van der Waals surface area contributed by atoms with E-state index in [9.17, 15) is 0 Å². The lowest BCUT2D eigenvalue weighted by Crippen LogP contribution is -2.65. The normalized spacial score (nSPS) is 43.9. The van der Waals surface area contributed by atoms with E-state index < -0.39 is 0 Å². The first-order chi connectivity index (χ1) is 11.3. The number of piperidine rings is 1. The van der Waals surface area contributed by atoms with Gasteiger partial charge in [0.05, 0.1) is 0 Å². The quantitative estimate of drug-likeness (QED) is 0.824. The summed E-state index contributed by atoms with van der Waals surface area (Å²) in [5.74, 6) is 3.79. The summed E-state index contributed by atoms with van der Waals surface area (Å²) in [5, 5.41) is 0. The average Bonchev–Trinajstić information content (AvgIpc) is 3.30. The zero-order valence-electron chi connectivity index (χ0n) is 14.1. The van der Waals surface area contributed by atoms with Gasteiger partial charge in [0.15, 0.2) is 0 Å². The minimum atomic E-state index is 0.354. The van der Waals surface area contributed by atoms with E-state index in [1.54, 1.807) is 11.1 Å². The SMILES string of the molecule is CC1CCC2C3Cc4cccc5c4[C@@]2(CCN3CC2CC2)[C@H]1O5. The van der Waals surface area contributed by atoms with Crippen molar-refractivity contribution < 1.29 is 4.74 Å². The third kappa shape index (κ3) is 1.59. The van der Waals surface area contributed by atoms with Gasteiger partial charge in [-0.2, -0.15) is 0 Å². The van der Waals surface area contributed by atoms with Crippen molar-refractivity contribution in [1.82, 2.24) is 4.90 Å². The molecule has 0 radical (unpaired) electrons. The van der Waals surface area contributed by atoms with Crippen molar-refractivity contribution in [3.63, 3.8) is 0 Å². The van der Waals surface area contributed by atoms with Crippen LogP contribution in [0.4, 0.5) is 0 Å². The smallest absolute Gasteiger partial charge is 0.123 e. The van der Waals surface area contributed by atoms with Crippen LogP contribution >= 0.6 is 0 Å². The summed E-state index contributed by atoms with van der Waals surface area (Å²) in [6.07, 6.45) is 8.77. The van der Waals surface area contributed by atoms with Gasteiger partial charge < -0.3 is 4.74 Å². The first-order valence-electron chi connectivity index (χ1n) is 9.80. The number of hydrogen-bond acceptors (Lipinski definition) is 2. The van der Waals surface area contributed by atoms with Gasteiger partial charge in [-0.25, -0.2) is 0 Å². The molecule has 23 heavy (non-hydrogen) atoms. The standard InChI is InChI=1S/C21H27NO/c1-13-5-8-16-17-11-15-3-2-4-18-19(15)21(16,20(13)23-18)9-10-22(17)12-14-6-7-14/h2-4,13-14,16-17,20H,5-12H2,1H3/t13?,16?,17?,20-,21-/m0/s1. The second-order valence-corrected chi connectivity index (χ2v) is 8.99. The first-order valence-corrected chi connectivity index (χ1v) is 9.80. The van der Waals surface area contributed by atoms with Crippen LogP contribution in [-0.2, 0) is 11.8 Å². The van der Waals surface area contributed by atoms with Crippen LogP contribution in [0.3, 0.4) is 0 Å². The van der Waals surface area contributed by atoms with Gasteiger partial charge in [-0.15, -0.1) is 0 Å². The molecule has 0 aromatic heterocycles. The topological polar surface area (TPSA) is 12.5 Å². The van der Waals surface area contributed by atoms with Crippen LogP contribution in [0.5, 0.6) is 5.75 Å². The van der Waals surface area contributed by atoms with Crippen LogP contribution in [-0.4, -0.2) is 30.1 Å². The molecule has 3 unspecified atom stereocenters. The number of likely N-dealkylation sites (tertiary alicyclic amines) is 1. The number of benzene rings is 1. The summed E-state index contributed by atoms with van der Waals surface area (Å²) in [5.41, 5.74) is 3.61. The molecule has 122 valence electrons. The Morgan fingerprint density at radius 1 is 1.22 bits per heavy atom. The molecule has 1 aromatic rings. The van der Waals surface area contributed by atoms with Crippen LogP contribution in [0.15, 0.2) is 18.2 Å². The van der Waals surface area contributed by atoms with Gasteiger partial charge >= 0.3 is 0 Å². The van der Waals surface area contributed by atoms with Gasteiger partial charge in [-0.3, -0.25) is 4.90 Å². The summed E-state index contributed by atoms with van der Waals surface area (Å²) in [7, 11) is 0. The van der Waals surface area contributed by atoms with E-state index in [4.69, 9.17) is 4.74 Å². The second-order valence-electron chi connectivity index (χ2n) is 8.99. The fourth-order valence-electron chi connectivity index (χ4n) is 6.72. The van der Waals surface area contributed by atoms with Crippen molar-refractivity contribution in [2.24, 2.45) is 17.8 Å². The third-order valence-corrected chi connectivity index (χ3v) is 7.82. The molecule has 3 fully saturated rings. The molecule has 2 heterocycles. The Bertz CT molecular complexity index is 666. The molecular weight excluding hydrogens is 282 g/mol. The fraction of sp³-hybridized carbons (Fsp3) is 0.714. The van der Waals surface area contributed by atoms with E-state index in [1.807, 2.05) is 0 Å². The van der Waals surface area contributed by atoms with E-state index in [1.165, 1.54) is 57.4 Å². The minimum Gasteiger partial charge on any atom is -0.489 e. The van der Waals surface area contributed by atoms with E-state index in [2.05, 4.69) is 30.0 Å². The lowest BCUT2D eigenvalue weighted by Gasteiger charge is -2.59. The number of ether oxygens (including phenoxy) is 1. The highest BCUT2D eigenvalue weighted by Gasteiger charge is 2.64. The molecule has 0 N–H and O–H groups in total. The average molecular weight is 309 g/mol. The van der Waals surface area contributed by atoms with Crippen molar-refractivity contribution in [2.75, 3.05) is 13.1 Å². The molecule has 1 aromatic carbocycles. The summed E-state index contributed by atoms with van der Waals surface area (Å²) in [4.78, 5) is 2.88. The monoisotopic (exact) mass is 309 g/mol. The van der Waals surface area contributed by atoms with Crippen LogP contribution in [0.1, 0.15) is 50.2 Å². The molecule has 0 amide bonds. The molecule has 2 aliphatic heterocycles. The maximum Gasteiger partial charge on any atom is 0.123 e. The van der Waals surface area contributed by atoms with E-state index in [0.717, 1.165) is 17.9 Å². The Morgan fingerprint density at radius 3 is 3.00 bits per heavy atom. The maximum atomic E-state index is 6.60. The molecular formula is C21H27NO. The second kappa shape index (κ2) is 4.33. The molecule has 2 heteroatoms. The lowest BCUT2D eigenvalue weighted by molar-refractivity contribution is -0.0731. The summed E-state index contributed by atoms with van der Waals surface area (Å²) in [6.45, 7) is 5.10. The molecule has 3 aliphatic carbocycles. The van der Waals surface area contributed by atoms with Crippen molar-refractivity contribution >= 4 is 0 Å². The van der Waals surface area contributed by atoms with Crippen molar-refractivity contribution in [3.05, 3.63) is 29.3 Å². The number of hydrogen-bond donors (Lipinski definition) is 0. The minimum absolute atomic E-state index is 0.354. The zero-order chi connectivity index (χ0) is 15.2. The summed E-state index contributed by atoms with van der Waals surface area (Å²) >= 11 is 0. The van der Waals surface area contributed by atoms with Crippen LogP contribution < -0.4 is 4.74 Å². The molecule has 1 spiro atoms. The van der Waals surface area contributed by atoms with Gasteiger partial charge in [-0.1, -0.05) is 19.1 Å². The van der Waals surface area contributed by atoms with Crippen molar-refractivity contribution in [3.8, 4) is 5.75 Å². The van der Waals surface area contributed by atoms with E-state index in [-0.39, 0.29) is 0 Å². The maximum absolute atomic E-state index is 6.60. The first kappa shape index (κ1) is 13.3. The van der Waals surface area contributed by atoms with Gasteiger partial charge in [0, 0.05) is 23.6 Å². The predicted octanol–water partition coefficient (Wildman–Crippen LogP) is 3.77. The van der Waals surface area contributed by atoms with Gasteiger partial charge in [0.1, 0.15) is 11.9 Å². The molecule has 6 rings (SSSR count).